The molecule has 1 saturated carbocycles. The quantitative estimate of drug-likeness (QED) is 0.617. The maximum absolute atomic E-state index is 5.60. The molecule has 1 saturated heterocycles. The van der Waals surface area contributed by atoms with E-state index in [0.717, 1.165) is 26.2 Å². The van der Waals surface area contributed by atoms with E-state index in [-0.39, 0.29) is 0 Å². The van der Waals surface area contributed by atoms with Crippen LogP contribution in [0.25, 0.3) is 0 Å². The average Bonchev–Trinajstić information content (AvgIpc) is 1.81. The number of rotatable bonds is 3. The highest BCUT2D eigenvalue weighted by Gasteiger charge is 2.50. The first kappa shape index (κ1) is 7.56. The van der Waals surface area contributed by atoms with Gasteiger partial charge in [-0.1, -0.05) is 6.92 Å². The second-order valence-electron chi connectivity index (χ2n) is 3.89. The molecule has 0 N–H and O–H groups in total. The van der Waals surface area contributed by atoms with Crippen molar-refractivity contribution in [2.75, 3.05) is 19.8 Å². The fourth-order valence-electron chi connectivity index (χ4n) is 1.93. The van der Waals surface area contributed by atoms with Crippen LogP contribution >= 0.6 is 0 Å². The predicted molar refractivity (Wildman–Crippen MR) is 42.5 cm³/mol. The summed E-state index contributed by atoms with van der Waals surface area (Å²) in [5, 5.41) is 0. The standard InChI is InChI=1S/C9H16O2/c1-2-3-11-8-4-9(5-8)6-10-7-9/h8H,2-7H2,1H3. The fraction of sp³-hybridized carbons (Fsp3) is 1.00. The van der Waals surface area contributed by atoms with Gasteiger partial charge < -0.3 is 9.47 Å². The maximum Gasteiger partial charge on any atom is 0.0589 e. The normalized spacial score (nSPS) is 28.1. The van der Waals surface area contributed by atoms with E-state index in [1.54, 1.807) is 0 Å². The Hall–Kier alpha value is -0.0800. The van der Waals surface area contributed by atoms with Crippen LogP contribution in [0, 0.1) is 5.41 Å². The van der Waals surface area contributed by atoms with Crippen LogP contribution in [0.5, 0.6) is 0 Å². The van der Waals surface area contributed by atoms with Crippen molar-refractivity contribution in [3.63, 3.8) is 0 Å². The number of hydrogen-bond donors (Lipinski definition) is 0. The van der Waals surface area contributed by atoms with E-state index in [9.17, 15) is 0 Å². The lowest BCUT2D eigenvalue weighted by molar-refractivity contribution is -0.209. The zero-order valence-electron chi connectivity index (χ0n) is 7.14. The smallest absolute Gasteiger partial charge is 0.0589 e. The van der Waals surface area contributed by atoms with Gasteiger partial charge in [0.15, 0.2) is 0 Å². The third-order valence-electron chi connectivity index (χ3n) is 2.70. The van der Waals surface area contributed by atoms with Gasteiger partial charge in [0, 0.05) is 12.0 Å². The molecule has 0 bridgehead atoms. The first-order valence-corrected chi connectivity index (χ1v) is 4.54. The highest BCUT2D eigenvalue weighted by molar-refractivity contribution is 4.98. The van der Waals surface area contributed by atoms with E-state index in [1.165, 1.54) is 12.8 Å². The van der Waals surface area contributed by atoms with Gasteiger partial charge in [0.2, 0.25) is 0 Å². The van der Waals surface area contributed by atoms with E-state index in [1.807, 2.05) is 0 Å². The lowest BCUT2D eigenvalue weighted by Crippen LogP contribution is -2.55. The van der Waals surface area contributed by atoms with Gasteiger partial charge in [-0.05, 0) is 19.3 Å². The van der Waals surface area contributed by atoms with Crippen LogP contribution in [0.3, 0.4) is 0 Å². The van der Waals surface area contributed by atoms with Crippen molar-refractivity contribution >= 4 is 0 Å². The summed E-state index contributed by atoms with van der Waals surface area (Å²) in [6, 6.07) is 0. The second kappa shape index (κ2) is 2.76. The minimum atomic E-state index is 0.554. The number of ether oxygens (including phenoxy) is 2. The lowest BCUT2D eigenvalue weighted by Gasteiger charge is -2.52. The molecule has 0 aromatic rings. The van der Waals surface area contributed by atoms with Gasteiger partial charge in [-0.3, -0.25) is 0 Å². The molecule has 0 atom stereocenters. The molecular formula is C9H16O2. The molecule has 0 amide bonds. The van der Waals surface area contributed by atoms with Gasteiger partial charge in [0.25, 0.3) is 0 Å². The van der Waals surface area contributed by atoms with Gasteiger partial charge >= 0.3 is 0 Å². The Labute approximate surface area is 67.9 Å². The highest BCUT2D eigenvalue weighted by atomic mass is 16.5. The first-order chi connectivity index (χ1) is 5.35. The third-order valence-corrected chi connectivity index (χ3v) is 2.70. The second-order valence-corrected chi connectivity index (χ2v) is 3.89. The van der Waals surface area contributed by atoms with Crippen LogP contribution in [0.2, 0.25) is 0 Å². The van der Waals surface area contributed by atoms with Crippen molar-refractivity contribution in [2.45, 2.75) is 32.3 Å². The molecule has 0 aromatic carbocycles. The van der Waals surface area contributed by atoms with Gasteiger partial charge in [-0.15, -0.1) is 0 Å². The summed E-state index contributed by atoms with van der Waals surface area (Å²) >= 11 is 0. The highest BCUT2D eigenvalue weighted by Crippen LogP contribution is 2.48. The van der Waals surface area contributed by atoms with Crippen molar-refractivity contribution < 1.29 is 9.47 Å². The predicted octanol–water partition coefficient (Wildman–Crippen LogP) is 1.59. The molecule has 0 radical (unpaired) electrons. The zero-order chi connectivity index (χ0) is 7.73. The van der Waals surface area contributed by atoms with Crippen molar-refractivity contribution in [2.24, 2.45) is 5.41 Å². The van der Waals surface area contributed by atoms with Gasteiger partial charge in [-0.25, -0.2) is 0 Å². The Morgan fingerprint density at radius 1 is 1.45 bits per heavy atom. The molecule has 64 valence electrons. The van der Waals surface area contributed by atoms with Crippen LogP contribution in [0.4, 0.5) is 0 Å². The Morgan fingerprint density at radius 2 is 2.18 bits per heavy atom. The summed E-state index contributed by atoms with van der Waals surface area (Å²) in [5.41, 5.74) is 0.568. The lowest BCUT2D eigenvalue weighted by atomic mass is 9.65. The summed E-state index contributed by atoms with van der Waals surface area (Å²) in [7, 11) is 0. The average molecular weight is 156 g/mol. The van der Waals surface area contributed by atoms with E-state index >= 15 is 0 Å². The van der Waals surface area contributed by atoms with Crippen LogP contribution in [0.15, 0.2) is 0 Å². The molecule has 2 heteroatoms. The molecule has 1 spiro atoms. The minimum Gasteiger partial charge on any atom is -0.380 e. The Bertz CT molecular complexity index is 132. The molecule has 2 nitrogen and oxygen atoms in total. The summed E-state index contributed by atoms with van der Waals surface area (Å²) in [6.45, 7) is 5.06. The molecular weight excluding hydrogens is 140 g/mol. The largest absolute Gasteiger partial charge is 0.380 e. The van der Waals surface area contributed by atoms with Crippen molar-refractivity contribution in [1.82, 2.24) is 0 Å². The van der Waals surface area contributed by atoms with Crippen molar-refractivity contribution in [3.8, 4) is 0 Å². The van der Waals surface area contributed by atoms with E-state index in [0.29, 0.717) is 11.5 Å². The Kier molecular flexibility index (Phi) is 1.90. The molecule has 2 rings (SSSR count). The van der Waals surface area contributed by atoms with Gasteiger partial charge in [-0.2, -0.15) is 0 Å². The van der Waals surface area contributed by atoms with E-state index in [2.05, 4.69) is 6.92 Å². The van der Waals surface area contributed by atoms with Crippen LogP contribution in [-0.2, 0) is 9.47 Å². The molecule has 1 heterocycles. The van der Waals surface area contributed by atoms with Gasteiger partial charge in [0.05, 0.1) is 19.3 Å². The van der Waals surface area contributed by atoms with Crippen LogP contribution in [-0.4, -0.2) is 25.9 Å². The molecule has 1 aliphatic carbocycles. The minimum absolute atomic E-state index is 0.554. The van der Waals surface area contributed by atoms with Crippen molar-refractivity contribution in [3.05, 3.63) is 0 Å². The summed E-state index contributed by atoms with van der Waals surface area (Å²) in [6.07, 6.45) is 4.18. The van der Waals surface area contributed by atoms with Crippen LogP contribution < -0.4 is 0 Å². The molecule has 11 heavy (non-hydrogen) atoms. The monoisotopic (exact) mass is 156 g/mol. The number of hydrogen-bond acceptors (Lipinski definition) is 2. The maximum atomic E-state index is 5.60. The molecule has 2 fully saturated rings. The molecule has 0 aromatic heterocycles. The van der Waals surface area contributed by atoms with E-state index in [4.69, 9.17) is 9.47 Å². The zero-order valence-corrected chi connectivity index (χ0v) is 7.14. The summed E-state index contributed by atoms with van der Waals surface area (Å²) < 4.78 is 10.8. The third kappa shape index (κ3) is 1.30. The molecule has 0 unspecified atom stereocenters. The fourth-order valence-corrected chi connectivity index (χ4v) is 1.93. The van der Waals surface area contributed by atoms with Gasteiger partial charge in [0.1, 0.15) is 0 Å². The Morgan fingerprint density at radius 3 is 2.64 bits per heavy atom. The SMILES string of the molecule is CCCOC1CC2(COC2)C1. The summed E-state index contributed by atoms with van der Waals surface area (Å²) in [5.74, 6) is 0. The van der Waals surface area contributed by atoms with Crippen LogP contribution in [0.1, 0.15) is 26.2 Å². The van der Waals surface area contributed by atoms with E-state index < -0.39 is 0 Å². The first-order valence-electron chi connectivity index (χ1n) is 4.54. The Balaban J connectivity index is 1.63. The molecule has 1 aliphatic heterocycles. The molecule has 2 aliphatic rings. The van der Waals surface area contributed by atoms with Crippen molar-refractivity contribution in [1.29, 1.82) is 0 Å². The topological polar surface area (TPSA) is 18.5 Å². The summed E-state index contributed by atoms with van der Waals surface area (Å²) in [4.78, 5) is 0.